The number of hydrogen-bond acceptors (Lipinski definition) is 3. The van der Waals surface area contributed by atoms with E-state index >= 15 is 0 Å². The molecule has 0 aliphatic rings. The molecule has 4 nitrogen and oxygen atoms in total. The average molecular weight is 281 g/mol. The summed E-state index contributed by atoms with van der Waals surface area (Å²) < 4.78 is 7.79. The molecule has 0 saturated heterocycles. The third kappa shape index (κ3) is 3.28. The van der Waals surface area contributed by atoms with Crippen LogP contribution in [0.1, 0.15) is 31.1 Å². The molecule has 102 valence electrons. The van der Waals surface area contributed by atoms with Crippen LogP contribution in [0.15, 0.2) is 30.7 Å². The highest BCUT2D eigenvalue weighted by atomic mass is 35.5. The summed E-state index contributed by atoms with van der Waals surface area (Å²) in [6.07, 6.45) is 3.58. The molecule has 1 N–H and O–H groups in total. The van der Waals surface area contributed by atoms with Gasteiger partial charge in [-0.25, -0.2) is 4.98 Å². The Morgan fingerprint density at radius 1 is 1.42 bits per heavy atom. The molecule has 0 aliphatic heterocycles. The molecule has 0 aliphatic carbocycles. The zero-order valence-electron chi connectivity index (χ0n) is 11.0. The Bertz CT molecular complexity index is 552. The normalized spacial score (nSPS) is 11.0. The van der Waals surface area contributed by atoms with Gasteiger partial charge in [-0.15, -0.1) is 0 Å². The number of aliphatic hydroxyl groups is 1. The van der Waals surface area contributed by atoms with Crippen molar-refractivity contribution in [2.45, 2.75) is 33.1 Å². The summed E-state index contributed by atoms with van der Waals surface area (Å²) in [4.78, 5) is 4.12. The lowest BCUT2D eigenvalue weighted by Crippen LogP contribution is -2.07. The van der Waals surface area contributed by atoms with Crippen LogP contribution in [0.4, 0.5) is 0 Å². The van der Waals surface area contributed by atoms with Gasteiger partial charge in [0, 0.05) is 16.6 Å². The SMILES string of the molecule is CC(C)n1cncc1COc1ccc(Cl)cc1CO. The first-order chi connectivity index (χ1) is 9.11. The zero-order valence-corrected chi connectivity index (χ0v) is 11.8. The smallest absolute Gasteiger partial charge is 0.130 e. The van der Waals surface area contributed by atoms with Crippen molar-refractivity contribution in [1.29, 1.82) is 0 Å². The maximum absolute atomic E-state index is 9.29. The largest absolute Gasteiger partial charge is 0.487 e. The van der Waals surface area contributed by atoms with Crippen LogP contribution in [-0.2, 0) is 13.2 Å². The molecule has 1 heterocycles. The summed E-state index contributed by atoms with van der Waals surface area (Å²) in [6, 6.07) is 5.56. The molecular weight excluding hydrogens is 264 g/mol. The molecule has 5 heteroatoms. The number of imidazole rings is 1. The fraction of sp³-hybridized carbons (Fsp3) is 0.357. The molecule has 2 aromatic rings. The van der Waals surface area contributed by atoms with Gasteiger partial charge in [0.1, 0.15) is 12.4 Å². The van der Waals surface area contributed by atoms with Crippen LogP contribution < -0.4 is 4.74 Å². The van der Waals surface area contributed by atoms with Crippen LogP contribution in [-0.4, -0.2) is 14.7 Å². The molecule has 1 aromatic heterocycles. The van der Waals surface area contributed by atoms with Crippen molar-refractivity contribution in [2.75, 3.05) is 0 Å². The van der Waals surface area contributed by atoms with Gasteiger partial charge >= 0.3 is 0 Å². The molecule has 0 radical (unpaired) electrons. The summed E-state index contributed by atoms with van der Waals surface area (Å²) in [5, 5.41) is 9.87. The minimum atomic E-state index is -0.0979. The first-order valence-electron chi connectivity index (χ1n) is 6.14. The number of nitrogens with zero attached hydrogens (tertiary/aromatic N) is 2. The minimum Gasteiger partial charge on any atom is -0.487 e. The first-order valence-corrected chi connectivity index (χ1v) is 6.52. The van der Waals surface area contributed by atoms with E-state index < -0.39 is 0 Å². The van der Waals surface area contributed by atoms with Crippen molar-refractivity contribution in [3.05, 3.63) is 47.0 Å². The minimum absolute atomic E-state index is 0.0979. The number of benzene rings is 1. The van der Waals surface area contributed by atoms with Crippen molar-refractivity contribution < 1.29 is 9.84 Å². The Hall–Kier alpha value is -1.52. The number of aliphatic hydroxyl groups excluding tert-OH is 1. The first kappa shape index (κ1) is 13.9. The molecule has 0 atom stereocenters. The summed E-state index contributed by atoms with van der Waals surface area (Å²) in [5.41, 5.74) is 1.68. The topological polar surface area (TPSA) is 47.3 Å². The monoisotopic (exact) mass is 280 g/mol. The van der Waals surface area contributed by atoms with Crippen molar-refractivity contribution in [2.24, 2.45) is 0 Å². The lowest BCUT2D eigenvalue weighted by atomic mass is 10.2. The van der Waals surface area contributed by atoms with Gasteiger partial charge in [-0.1, -0.05) is 11.6 Å². The van der Waals surface area contributed by atoms with Crippen LogP contribution >= 0.6 is 11.6 Å². The summed E-state index contributed by atoms with van der Waals surface area (Å²) >= 11 is 5.88. The van der Waals surface area contributed by atoms with Crippen molar-refractivity contribution in [3.63, 3.8) is 0 Å². The predicted molar refractivity (Wildman–Crippen MR) is 74.3 cm³/mol. The van der Waals surface area contributed by atoms with E-state index in [-0.39, 0.29) is 6.61 Å². The van der Waals surface area contributed by atoms with E-state index in [1.54, 1.807) is 30.7 Å². The predicted octanol–water partition coefficient (Wildman–Crippen LogP) is 3.19. The highest BCUT2D eigenvalue weighted by Crippen LogP contribution is 2.24. The second-order valence-corrected chi connectivity index (χ2v) is 5.02. The fourth-order valence-electron chi connectivity index (χ4n) is 1.87. The Labute approximate surface area is 117 Å². The third-order valence-electron chi connectivity index (χ3n) is 2.87. The second-order valence-electron chi connectivity index (χ2n) is 4.58. The van der Waals surface area contributed by atoms with E-state index in [0.29, 0.717) is 29.0 Å². The quantitative estimate of drug-likeness (QED) is 0.915. The Balaban J connectivity index is 2.12. The number of ether oxygens (including phenoxy) is 1. The number of rotatable bonds is 5. The van der Waals surface area contributed by atoms with Gasteiger partial charge in [0.25, 0.3) is 0 Å². The van der Waals surface area contributed by atoms with Crippen molar-refractivity contribution in [3.8, 4) is 5.75 Å². The van der Waals surface area contributed by atoms with E-state index in [1.807, 2.05) is 0 Å². The molecule has 0 unspecified atom stereocenters. The molecule has 0 saturated carbocycles. The maximum atomic E-state index is 9.29. The van der Waals surface area contributed by atoms with Gasteiger partial charge in [0.05, 0.1) is 24.8 Å². The van der Waals surface area contributed by atoms with Gasteiger partial charge in [-0.3, -0.25) is 0 Å². The summed E-state index contributed by atoms with van der Waals surface area (Å²) in [6.45, 7) is 4.49. The van der Waals surface area contributed by atoms with Crippen molar-refractivity contribution in [1.82, 2.24) is 9.55 Å². The average Bonchev–Trinajstić information content (AvgIpc) is 2.85. The van der Waals surface area contributed by atoms with E-state index in [0.717, 1.165) is 5.69 Å². The van der Waals surface area contributed by atoms with Gasteiger partial charge in [0.15, 0.2) is 0 Å². The van der Waals surface area contributed by atoms with Crippen LogP contribution in [0.2, 0.25) is 5.02 Å². The van der Waals surface area contributed by atoms with Crippen LogP contribution in [0.5, 0.6) is 5.75 Å². The molecule has 2 rings (SSSR count). The zero-order chi connectivity index (χ0) is 13.8. The van der Waals surface area contributed by atoms with E-state index in [4.69, 9.17) is 16.3 Å². The lowest BCUT2D eigenvalue weighted by Gasteiger charge is -2.14. The maximum Gasteiger partial charge on any atom is 0.130 e. The van der Waals surface area contributed by atoms with Crippen LogP contribution in [0.25, 0.3) is 0 Å². The Kier molecular flexibility index (Phi) is 4.45. The highest BCUT2D eigenvalue weighted by molar-refractivity contribution is 6.30. The fourth-order valence-corrected chi connectivity index (χ4v) is 2.07. The van der Waals surface area contributed by atoms with Crippen molar-refractivity contribution >= 4 is 11.6 Å². The van der Waals surface area contributed by atoms with Crippen LogP contribution in [0.3, 0.4) is 0 Å². The lowest BCUT2D eigenvalue weighted by molar-refractivity contribution is 0.254. The number of hydrogen-bond donors (Lipinski definition) is 1. The van der Waals surface area contributed by atoms with E-state index in [2.05, 4.69) is 23.4 Å². The molecule has 0 fully saturated rings. The van der Waals surface area contributed by atoms with Gasteiger partial charge in [0.2, 0.25) is 0 Å². The van der Waals surface area contributed by atoms with Gasteiger partial charge < -0.3 is 14.4 Å². The van der Waals surface area contributed by atoms with Crippen LogP contribution in [0, 0.1) is 0 Å². The molecular formula is C14H17ClN2O2. The number of aromatic nitrogens is 2. The Morgan fingerprint density at radius 2 is 2.21 bits per heavy atom. The second kappa shape index (κ2) is 6.08. The molecule has 0 spiro atoms. The van der Waals surface area contributed by atoms with E-state index in [1.165, 1.54) is 0 Å². The van der Waals surface area contributed by atoms with E-state index in [9.17, 15) is 5.11 Å². The number of halogens is 1. The summed E-state index contributed by atoms with van der Waals surface area (Å²) in [5.74, 6) is 0.642. The highest BCUT2D eigenvalue weighted by Gasteiger charge is 2.08. The molecule has 1 aromatic carbocycles. The van der Waals surface area contributed by atoms with Gasteiger partial charge in [-0.05, 0) is 32.0 Å². The standard InChI is InChI=1S/C14H17ClN2O2/c1-10(2)17-9-16-6-13(17)8-19-14-4-3-12(15)5-11(14)7-18/h3-6,9-10,18H,7-8H2,1-2H3. The Morgan fingerprint density at radius 3 is 2.89 bits per heavy atom. The molecule has 0 amide bonds. The molecule has 0 bridgehead atoms. The molecule has 19 heavy (non-hydrogen) atoms. The third-order valence-corrected chi connectivity index (χ3v) is 3.11. The summed E-state index contributed by atoms with van der Waals surface area (Å²) in [7, 11) is 0. The van der Waals surface area contributed by atoms with Gasteiger partial charge in [-0.2, -0.15) is 0 Å².